The zero-order valence-electron chi connectivity index (χ0n) is 15.4. The lowest BCUT2D eigenvalue weighted by Crippen LogP contribution is -2.41. The molecule has 3 rings (SSSR count). The first-order valence-corrected chi connectivity index (χ1v) is 8.85. The Balaban J connectivity index is 1.74. The second kappa shape index (κ2) is 6.54. The van der Waals surface area contributed by atoms with Crippen LogP contribution >= 0.6 is 0 Å². The van der Waals surface area contributed by atoms with Gasteiger partial charge >= 0.3 is 6.09 Å². The van der Waals surface area contributed by atoms with Gasteiger partial charge in [-0.05, 0) is 51.2 Å². The molecule has 5 nitrogen and oxygen atoms in total. The molecule has 1 aromatic carbocycles. The molecular weight excluding hydrogens is 316 g/mol. The van der Waals surface area contributed by atoms with E-state index >= 15 is 0 Å². The van der Waals surface area contributed by atoms with E-state index in [9.17, 15) is 9.59 Å². The van der Waals surface area contributed by atoms with Crippen molar-refractivity contribution in [3.8, 4) is 0 Å². The van der Waals surface area contributed by atoms with Crippen molar-refractivity contribution in [1.29, 1.82) is 0 Å². The summed E-state index contributed by atoms with van der Waals surface area (Å²) < 4.78 is 5.46. The van der Waals surface area contributed by atoms with E-state index in [1.54, 1.807) is 11.8 Å². The van der Waals surface area contributed by atoms with Gasteiger partial charge in [-0.2, -0.15) is 0 Å². The first kappa shape index (κ1) is 17.5. The summed E-state index contributed by atoms with van der Waals surface area (Å²) in [6.45, 7) is 8.61. The molecule has 0 spiro atoms. The standard InChI is InChI=1S/C20H26N2O3/c1-13(23)17-12-15-6-5-7-16(18(15)21-17)14-8-10-22(11-9-14)19(24)25-20(2,3)4/h5-7,12,14,21H,8-11H2,1-4H3. The molecule has 2 aromatic rings. The number of ketones is 1. The van der Waals surface area contributed by atoms with Crippen LogP contribution in [0.25, 0.3) is 10.9 Å². The number of aromatic amines is 1. The molecule has 1 saturated heterocycles. The number of Topliss-reactive ketones (excluding diaryl/α,β-unsaturated/α-hetero) is 1. The van der Waals surface area contributed by atoms with Crippen molar-refractivity contribution in [3.05, 3.63) is 35.5 Å². The normalized spacial score (nSPS) is 16.2. The van der Waals surface area contributed by atoms with Crippen LogP contribution in [-0.4, -0.2) is 40.5 Å². The molecule has 5 heteroatoms. The third-order valence-electron chi connectivity index (χ3n) is 4.65. The van der Waals surface area contributed by atoms with Crippen LogP contribution in [0.1, 0.15) is 62.5 Å². The molecule has 1 aliphatic heterocycles. The van der Waals surface area contributed by atoms with Gasteiger partial charge in [-0.1, -0.05) is 18.2 Å². The van der Waals surface area contributed by atoms with E-state index in [1.807, 2.05) is 39.0 Å². The van der Waals surface area contributed by atoms with Crippen molar-refractivity contribution < 1.29 is 14.3 Å². The molecule has 0 radical (unpaired) electrons. The number of rotatable bonds is 2. The summed E-state index contributed by atoms with van der Waals surface area (Å²) in [4.78, 5) is 28.9. The lowest BCUT2D eigenvalue weighted by Gasteiger charge is -2.33. The molecule has 1 aliphatic rings. The van der Waals surface area contributed by atoms with Gasteiger partial charge in [0.05, 0.1) is 5.69 Å². The largest absolute Gasteiger partial charge is 0.444 e. The minimum Gasteiger partial charge on any atom is -0.444 e. The van der Waals surface area contributed by atoms with E-state index < -0.39 is 5.60 Å². The summed E-state index contributed by atoms with van der Waals surface area (Å²) in [5, 5.41) is 1.07. The molecule has 0 unspecified atom stereocenters. The van der Waals surface area contributed by atoms with Crippen LogP contribution in [-0.2, 0) is 4.74 Å². The summed E-state index contributed by atoms with van der Waals surface area (Å²) in [5.41, 5.74) is 2.46. The Morgan fingerprint density at radius 1 is 1.20 bits per heavy atom. The maximum Gasteiger partial charge on any atom is 0.410 e. The monoisotopic (exact) mass is 342 g/mol. The highest BCUT2D eigenvalue weighted by Gasteiger charge is 2.28. The van der Waals surface area contributed by atoms with Crippen molar-refractivity contribution in [2.75, 3.05) is 13.1 Å². The number of hydrogen-bond donors (Lipinski definition) is 1. The van der Waals surface area contributed by atoms with Gasteiger partial charge in [-0.3, -0.25) is 4.79 Å². The summed E-state index contributed by atoms with van der Waals surface area (Å²) in [6.07, 6.45) is 1.56. The van der Waals surface area contributed by atoms with Gasteiger partial charge in [0.25, 0.3) is 0 Å². The Hall–Kier alpha value is -2.30. The minimum absolute atomic E-state index is 0.0434. The summed E-state index contributed by atoms with van der Waals surface area (Å²) in [7, 11) is 0. The number of benzene rings is 1. The molecular formula is C20H26N2O3. The molecule has 25 heavy (non-hydrogen) atoms. The highest BCUT2D eigenvalue weighted by atomic mass is 16.6. The van der Waals surface area contributed by atoms with Crippen LogP contribution in [0, 0.1) is 0 Å². The number of aromatic nitrogens is 1. The van der Waals surface area contributed by atoms with Gasteiger partial charge in [-0.25, -0.2) is 4.79 Å². The lowest BCUT2D eigenvalue weighted by molar-refractivity contribution is 0.0205. The van der Waals surface area contributed by atoms with E-state index in [-0.39, 0.29) is 11.9 Å². The number of hydrogen-bond acceptors (Lipinski definition) is 3. The van der Waals surface area contributed by atoms with Crippen LogP contribution in [0.15, 0.2) is 24.3 Å². The molecule has 1 N–H and O–H groups in total. The third-order valence-corrected chi connectivity index (χ3v) is 4.65. The first-order chi connectivity index (χ1) is 11.7. The molecule has 1 amide bonds. The number of ether oxygens (including phenoxy) is 1. The second-order valence-corrected chi connectivity index (χ2v) is 7.79. The maximum atomic E-state index is 12.2. The van der Waals surface area contributed by atoms with Crippen LogP contribution in [0.4, 0.5) is 4.79 Å². The van der Waals surface area contributed by atoms with Gasteiger partial charge in [0.2, 0.25) is 0 Å². The Morgan fingerprint density at radius 2 is 1.88 bits per heavy atom. The van der Waals surface area contributed by atoms with Crippen molar-refractivity contribution in [2.45, 2.75) is 52.1 Å². The van der Waals surface area contributed by atoms with Crippen molar-refractivity contribution >= 4 is 22.8 Å². The Kier molecular flexibility index (Phi) is 4.58. The minimum atomic E-state index is -0.465. The number of nitrogens with one attached hydrogen (secondary N) is 1. The SMILES string of the molecule is CC(=O)c1cc2cccc(C3CCN(C(=O)OC(C)(C)C)CC3)c2[nH]1. The quantitative estimate of drug-likeness (QED) is 0.818. The Labute approximate surface area is 148 Å². The average Bonchev–Trinajstić information content (AvgIpc) is 2.98. The van der Waals surface area contributed by atoms with Crippen molar-refractivity contribution in [1.82, 2.24) is 9.88 Å². The fourth-order valence-electron chi connectivity index (χ4n) is 3.41. The Morgan fingerprint density at radius 3 is 2.48 bits per heavy atom. The molecule has 0 atom stereocenters. The topological polar surface area (TPSA) is 62.4 Å². The smallest absolute Gasteiger partial charge is 0.410 e. The molecule has 134 valence electrons. The summed E-state index contributed by atoms with van der Waals surface area (Å²) in [6, 6.07) is 8.10. The van der Waals surface area contributed by atoms with E-state index in [0.29, 0.717) is 24.7 Å². The number of H-pyrrole nitrogens is 1. The number of para-hydroxylation sites is 1. The fraction of sp³-hybridized carbons (Fsp3) is 0.500. The van der Waals surface area contributed by atoms with E-state index in [4.69, 9.17) is 4.74 Å². The van der Waals surface area contributed by atoms with Crippen LogP contribution in [0.3, 0.4) is 0 Å². The van der Waals surface area contributed by atoms with Gasteiger partial charge in [0.15, 0.2) is 5.78 Å². The fourth-order valence-corrected chi connectivity index (χ4v) is 3.41. The molecule has 0 bridgehead atoms. The van der Waals surface area contributed by atoms with Gasteiger partial charge in [0, 0.05) is 30.9 Å². The zero-order chi connectivity index (χ0) is 18.2. The van der Waals surface area contributed by atoms with E-state index in [2.05, 4.69) is 11.1 Å². The predicted octanol–water partition coefficient (Wildman–Crippen LogP) is 4.49. The van der Waals surface area contributed by atoms with E-state index in [1.165, 1.54) is 5.56 Å². The third kappa shape index (κ3) is 3.86. The second-order valence-electron chi connectivity index (χ2n) is 7.79. The van der Waals surface area contributed by atoms with Crippen molar-refractivity contribution in [2.24, 2.45) is 0 Å². The van der Waals surface area contributed by atoms with Crippen LogP contribution < -0.4 is 0 Å². The molecule has 1 aromatic heterocycles. The lowest BCUT2D eigenvalue weighted by atomic mass is 9.88. The number of carbonyl (C=O) groups excluding carboxylic acids is 2. The van der Waals surface area contributed by atoms with Crippen LogP contribution in [0.2, 0.25) is 0 Å². The van der Waals surface area contributed by atoms with Crippen LogP contribution in [0.5, 0.6) is 0 Å². The van der Waals surface area contributed by atoms with E-state index in [0.717, 1.165) is 23.7 Å². The molecule has 2 heterocycles. The number of piperidine rings is 1. The van der Waals surface area contributed by atoms with Crippen molar-refractivity contribution in [3.63, 3.8) is 0 Å². The number of nitrogens with zero attached hydrogens (tertiary/aromatic N) is 1. The predicted molar refractivity (Wildman–Crippen MR) is 98.1 cm³/mol. The highest BCUT2D eigenvalue weighted by Crippen LogP contribution is 2.33. The molecule has 0 saturated carbocycles. The molecule has 0 aliphatic carbocycles. The van der Waals surface area contributed by atoms with Gasteiger partial charge < -0.3 is 14.6 Å². The maximum absolute atomic E-state index is 12.2. The zero-order valence-corrected chi connectivity index (χ0v) is 15.4. The summed E-state index contributed by atoms with van der Waals surface area (Å²) in [5.74, 6) is 0.419. The number of carbonyl (C=O) groups is 2. The Bertz CT molecular complexity index is 793. The van der Waals surface area contributed by atoms with Gasteiger partial charge in [-0.15, -0.1) is 0 Å². The number of likely N-dealkylation sites (tertiary alicyclic amines) is 1. The highest BCUT2D eigenvalue weighted by molar-refractivity contribution is 5.98. The van der Waals surface area contributed by atoms with Gasteiger partial charge in [0.1, 0.15) is 5.60 Å². The first-order valence-electron chi connectivity index (χ1n) is 8.85. The summed E-state index contributed by atoms with van der Waals surface area (Å²) >= 11 is 0. The number of amides is 1. The molecule has 1 fully saturated rings. The number of fused-ring (bicyclic) bond motifs is 1. The average molecular weight is 342 g/mol.